The number of hydrogen-bond acceptors (Lipinski definition) is 1. The molecule has 0 bridgehead atoms. The van der Waals surface area contributed by atoms with E-state index in [1.807, 2.05) is 13.1 Å². The van der Waals surface area contributed by atoms with Crippen LogP contribution in [0, 0.1) is 6.92 Å². The van der Waals surface area contributed by atoms with Crippen molar-refractivity contribution >= 4 is 11.6 Å². The summed E-state index contributed by atoms with van der Waals surface area (Å²) in [6.45, 7) is 4.23. The van der Waals surface area contributed by atoms with Gasteiger partial charge in [-0.1, -0.05) is 47.5 Å². The second-order valence-corrected chi connectivity index (χ2v) is 5.02. The van der Waals surface area contributed by atoms with Gasteiger partial charge in [-0.3, -0.25) is 0 Å². The first kappa shape index (κ1) is 13.1. The van der Waals surface area contributed by atoms with Crippen molar-refractivity contribution in [1.29, 1.82) is 0 Å². The molecule has 1 unspecified atom stereocenters. The first-order valence-electron chi connectivity index (χ1n) is 6.15. The molecule has 1 N–H and O–H groups in total. The van der Waals surface area contributed by atoms with E-state index in [0.29, 0.717) is 6.04 Å². The first-order chi connectivity index (χ1) is 8.61. The van der Waals surface area contributed by atoms with E-state index in [0.717, 1.165) is 16.1 Å². The van der Waals surface area contributed by atoms with E-state index in [1.54, 1.807) is 0 Å². The van der Waals surface area contributed by atoms with Gasteiger partial charge in [0.05, 0.1) is 0 Å². The Kier molecular flexibility index (Phi) is 4.05. The highest BCUT2D eigenvalue weighted by Crippen LogP contribution is 2.30. The molecular formula is C16H18ClN. The summed E-state index contributed by atoms with van der Waals surface area (Å²) in [7, 11) is 1.96. The Hall–Kier alpha value is -1.31. The molecule has 0 aromatic heterocycles. The Morgan fingerprint density at radius 1 is 1.06 bits per heavy atom. The number of benzene rings is 2. The van der Waals surface area contributed by atoms with Crippen LogP contribution in [0.25, 0.3) is 11.1 Å². The topological polar surface area (TPSA) is 12.0 Å². The zero-order valence-electron chi connectivity index (χ0n) is 11.0. The van der Waals surface area contributed by atoms with Gasteiger partial charge in [-0.25, -0.2) is 0 Å². The summed E-state index contributed by atoms with van der Waals surface area (Å²) in [6, 6.07) is 15.0. The minimum absolute atomic E-state index is 0.325. The molecule has 0 fully saturated rings. The maximum absolute atomic E-state index is 6.30. The summed E-state index contributed by atoms with van der Waals surface area (Å²) in [5.74, 6) is 0. The van der Waals surface area contributed by atoms with Crippen LogP contribution in [0.3, 0.4) is 0 Å². The molecule has 1 nitrogen and oxygen atoms in total. The maximum atomic E-state index is 6.30. The Balaban J connectivity index is 2.46. The summed E-state index contributed by atoms with van der Waals surface area (Å²) in [4.78, 5) is 0. The fourth-order valence-electron chi connectivity index (χ4n) is 1.93. The van der Waals surface area contributed by atoms with E-state index < -0.39 is 0 Å². The predicted octanol–water partition coefficient (Wildman–Crippen LogP) is 4.60. The number of nitrogens with one attached hydrogen (secondary N) is 1. The zero-order chi connectivity index (χ0) is 13.1. The highest BCUT2D eigenvalue weighted by atomic mass is 35.5. The quantitative estimate of drug-likeness (QED) is 0.850. The van der Waals surface area contributed by atoms with E-state index in [9.17, 15) is 0 Å². The average Bonchev–Trinajstić information content (AvgIpc) is 2.39. The Morgan fingerprint density at radius 3 is 2.33 bits per heavy atom. The molecule has 0 aliphatic rings. The van der Waals surface area contributed by atoms with Crippen LogP contribution in [0.5, 0.6) is 0 Å². The molecule has 1 atom stereocenters. The average molecular weight is 260 g/mol. The van der Waals surface area contributed by atoms with E-state index >= 15 is 0 Å². The minimum atomic E-state index is 0.325. The van der Waals surface area contributed by atoms with Crippen molar-refractivity contribution in [2.24, 2.45) is 0 Å². The van der Waals surface area contributed by atoms with Gasteiger partial charge in [0.15, 0.2) is 0 Å². The molecule has 0 aliphatic heterocycles. The van der Waals surface area contributed by atoms with Gasteiger partial charge in [-0.15, -0.1) is 0 Å². The van der Waals surface area contributed by atoms with E-state index in [-0.39, 0.29) is 0 Å². The molecule has 0 heterocycles. The van der Waals surface area contributed by atoms with Crippen LogP contribution in [0.1, 0.15) is 24.1 Å². The molecule has 0 radical (unpaired) electrons. The lowest BCUT2D eigenvalue weighted by molar-refractivity contribution is 0.652. The highest BCUT2D eigenvalue weighted by Gasteiger charge is 2.08. The Bertz CT molecular complexity index is 531. The molecular weight excluding hydrogens is 242 g/mol. The molecule has 0 spiro atoms. The van der Waals surface area contributed by atoms with Gasteiger partial charge in [0.2, 0.25) is 0 Å². The number of hydrogen-bond donors (Lipinski definition) is 1. The molecule has 0 saturated heterocycles. The molecule has 94 valence electrons. The van der Waals surface area contributed by atoms with E-state index in [4.69, 9.17) is 11.6 Å². The Labute approximate surface area is 114 Å². The van der Waals surface area contributed by atoms with Gasteiger partial charge < -0.3 is 5.32 Å². The lowest BCUT2D eigenvalue weighted by Crippen LogP contribution is -2.12. The molecule has 2 aromatic rings. The number of halogens is 1. The van der Waals surface area contributed by atoms with Crippen LogP contribution >= 0.6 is 11.6 Å². The molecule has 2 aromatic carbocycles. The van der Waals surface area contributed by atoms with Crippen LogP contribution in [0.4, 0.5) is 0 Å². The van der Waals surface area contributed by atoms with Gasteiger partial charge in [0.1, 0.15) is 0 Å². The van der Waals surface area contributed by atoms with Gasteiger partial charge >= 0.3 is 0 Å². The van der Waals surface area contributed by atoms with Crippen LogP contribution in [0.15, 0.2) is 42.5 Å². The number of rotatable bonds is 3. The lowest BCUT2D eigenvalue weighted by Gasteiger charge is -2.13. The monoisotopic (exact) mass is 259 g/mol. The van der Waals surface area contributed by atoms with Crippen molar-refractivity contribution < 1.29 is 0 Å². The van der Waals surface area contributed by atoms with Crippen LogP contribution < -0.4 is 5.32 Å². The van der Waals surface area contributed by atoms with Crippen molar-refractivity contribution in [2.45, 2.75) is 19.9 Å². The highest BCUT2D eigenvalue weighted by molar-refractivity contribution is 6.33. The van der Waals surface area contributed by atoms with E-state index in [2.05, 4.69) is 55.6 Å². The van der Waals surface area contributed by atoms with Crippen LogP contribution in [-0.2, 0) is 0 Å². The smallest absolute Gasteiger partial charge is 0.0484 e. The van der Waals surface area contributed by atoms with Crippen molar-refractivity contribution in [3.05, 3.63) is 58.6 Å². The van der Waals surface area contributed by atoms with Crippen LogP contribution in [-0.4, -0.2) is 7.05 Å². The SMILES string of the molecule is CNC(C)c1ccc(Cl)c(-c2ccc(C)cc2)c1. The van der Waals surface area contributed by atoms with Gasteiger partial charge in [0, 0.05) is 16.6 Å². The molecule has 0 saturated carbocycles. The molecule has 18 heavy (non-hydrogen) atoms. The third-order valence-electron chi connectivity index (χ3n) is 3.29. The van der Waals surface area contributed by atoms with Gasteiger partial charge in [0.25, 0.3) is 0 Å². The largest absolute Gasteiger partial charge is 0.313 e. The van der Waals surface area contributed by atoms with Crippen molar-refractivity contribution in [3.8, 4) is 11.1 Å². The van der Waals surface area contributed by atoms with E-state index in [1.165, 1.54) is 11.1 Å². The summed E-state index contributed by atoms with van der Waals surface area (Å²) in [5.41, 5.74) is 4.76. The zero-order valence-corrected chi connectivity index (χ0v) is 11.8. The lowest BCUT2D eigenvalue weighted by atomic mass is 9.99. The van der Waals surface area contributed by atoms with Crippen LogP contribution in [0.2, 0.25) is 5.02 Å². The molecule has 2 rings (SSSR count). The summed E-state index contributed by atoms with van der Waals surface area (Å²) >= 11 is 6.30. The standard InChI is InChI=1S/C16H18ClN/c1-11-4-6-13(7-5-11)15-10-14(12(2)18-3)8-9-16(15)17/h4-10,12,18H,1-3H3. The van der Waals surface area contributed by atoms with Crippen molar-refractivity contribution in [3.63, 3.8) is 0 Å². The predicted molar refractivity (Wildman–Crippen MR) is 79.1 cm³/mol. The molecule has 2 heteroatoms. The second-order valence-electron chi connectivity index (χ2n) is 4.62. The summed E-state index contributed by atoms with van der Waals surface area (Å²) in [5, 5.41) is 4.04. The molecule has 0 aliphatic carbocycles. The normalized spacial score (nSPS) is 12.4. The summed E-state index contributed by atoms with van der Waals surface area (Å²) in [6.07, 6.45) is 0. The van der Waals surface area contributed by atoms with Crippen molar-refractivity contribution in [1.82, 2.24) is 5.32 Å². The molecule has 0 amide bonds. The third-order valence-corrected chi connectivity index (χ3v) is 3.62. The Morgan fingerprint density at radius 2 is 1.72 bits per heavy atom. The van der Waals surface area contributed by atoms with Gasteiger partial charge in [-0.2, -0.15) is 0 Å². The minimum Gasteiger partial charge on any atom is -0.313 e. The second kappa shape index (κ2) is 5.55. The third kappa shape index (κ3) is 2.74. The van der Waals surface area contributed by atoms with Crippen molar-refractivity contribution in [2.75, 3.05) is 7.05 Å². The fraction of sp³-hybridized carbons (Fsp3) is 0.250. The fourth-order valence-corrected chi connectivity index (χ4v) is 2.16. The van der Waals surface area contributed by atoms with Gasteiger partial charge in [-0.05, 0) is 44.2 Å². The maximum Gasteiger partial charge on any atom is 0.0484 e. The summed E-state index contributed by atoms with van der Waals surface area (Å²) < 4.78 is 0. The number of aryl methyl sites for hydroxylation is 1. The first-order valence-corrected chi connectivity index (χ1v) is 6.53.